The van der Waals surface area contributed by atoms with Crippen LogP contribution in [-0.4, -0.2) is 11.1 Å². The maximum Gasteiger partial charge on any atom is 0.339 e. The van der Waals surface area contributed by atoms with Crippen molar-refractivity contribution in [1.82, 2.24) is 0 Å². The Balaban J connectivity index is 3.37. The quantitative estimate of drug-likeness (QED) is 0.782. The van der Waals surface area contributed by atoms with Crippen LogP contribution < -0.4 is 0 Å². The predicted octanol–water partition coefficient (Wildman–Crippen LogP) is 2.15. The van der Waals surface area contributed by atoms with Gasteiger partial charge in [-0.2, -0.15) is 5.26 Å². The number of rotatable bonds is 2. The van der Waals surface area contributed by atoms with Crippen LogP contribution in [-0.2, 0) is 0 Å². The number of halogens is 1. The molecule has 14 heavy (non-hydrogen) atoms. The van der Waals surface area contributed by atoms with Gasteiger partial charge in [0.1, 0.15) is 5.82 Å². The summed E-state index contributed by atoms with van der Waals surface area (Å²) in [5.74, 6) is -2.78. The molecule has 0 spiro atoms. The van der Waals surface area contributed by atoms with E-state index in [9.17, 15) is 9.18 Å². The second-order valence-electron chi connectivity index (χ2n) is 2.86. The number of nitrogens with zero attached hydrogens (tertiary/aromatic N) is 1. The van der Waals surface area contributed by atoms with Crippen molar-refractivity contribution in [3.8, 4) is 6.07 Å². The molecule has 4 heteroatoms. The van der Waals surface area contributed by atoms with Gasteiger partial charge in [0.2, 0.25) is 0 Å². The topological polar surface area (TPSA) is 61.1 Å². The van der Waals surface area contributed by atoms with E-state index in [-0.39, 0.29) is 5.56 Å². The van der Waals surface area contributed by atoms with Gasteiger partial charge in [-0.25, -0.2) is 9.18 Å². The van der Waals surface area contributed by atoms with Crippen molar-refractivity contribution in [1.29, 1.82) is 5.26 Å². The summed E-state index contributed by atoms with van der Waals surface area (Å²) in [5, 5.41) is 17.4. The Kier molecular flexibility index (Phi) is 2.82. The van der Waals surface area contributed by atoms with Gasteiger partial charge < -0.3 is 5.11 Å². The summed E-state index contributed by atoms with van der Waals surface area (Å²) in [6.07, 6.45) is 0. The van der Waals surface area contributed by atoms with Crippen molar-refractivity contribution < 1.29 is 14.3 Å². The van der Waals surface area contributed by atoms with Crippen LogP contribution in [0.25, 0.3) is 0 Å². The first kappa shape index (κ1) is 10.2. The summed E-state index contributed by atoms with van der Waals surface area (Å²) in [4.78, 5) is 10.7. The fraction of sp³-hybridized carbons (Fsp3) is 0.200. The number of carboxylic acid groups (broad SMARTS) is 1. The van der Waals surface area contributed by atoms with E-state index in [1.54, 1.807) is 0 Å². The highest BCUT2D eigenvalue weighted by molar-refractivity contribution is 5.90. The van der Waals surface area contributed by atoms with E-state index in [2.05, 4.69) is 0 Å². The average Bonchev–Trinajstić information content (AvgIpc) is 2.15. The molecule has 0 radical (unpaired) electrons. The lowest BCUT2D eigenvalue weighted by Gasteiger charge is -2.07. The van der Waals surface area contributed by atoms with Crippen LogP contribution in [0.5, 0.6) is 0 Å². The summed E-state index contributed by atoms with van der Waals surface area (Å²) in [7, 11) is 0. The summed E-state index contributed by atoms with van der Waals surface area (Å²) in [5.41, 5.74) is -0.207. The predicted molar refractivity (Wildman–Crippen MR) is 47.4 cm³/mol. The Hall–Kier alpha value is -1.89. The zero-order valence-corrected chi connectivity index (χ0v) is 7.49. The van der Waals surface area contributed by atoms with E-state index in [4.69, 9.17) is 10.4 Å². The lowest BCUT2D eigenvalue weighted by molar-refractivity contribution is 0.0690. The molecule has 1 aromatic rings. The number of nitriles is 1. The number of carbonyl (C=O) groups is 1. The van der Waals surface area contributed by atoms with E-state index in [1.807, 2.05) is 6.07 Å². The third-order valence-electron chi connectivity index (χ3n) is 1.92. The van der Waals surface area contributed by atoms with Gasteiger partial charge in [0.15, 0.2) is 0 Å². The molecule has 0 amide bonds. The molecule has 3 nitrogen and oxygen atoms in total. The van der Waals surface area contributed by atoms with E-state index in [0.717, 1.165) is 6.07 Å². The maximum absolute atomic E-state index is 13.1. The SMILES string of the molecule is CC(C#N)c1cccc(F)c1C(=O)O. The van der Waals surface area contributed by atoms with Gasteiger partial charge in [-0.05, 0) is 18.6 Å². The minimum Gasteiger partial charge on any atom is -0.478 e. The van der Waals surface area contributed by atoms with Crippen molar-refractivity contribution in [2.75, 3.05) is 0 Å². The first-order chi connectivity index (χ1) is 6.57. The molecule has 1 rings (SSSR count). The Morgan fingerprint density at radius 2 is 2.29 bits per heavy atom. The molecule has 1 unspecified atom stereocenters. The fourth-order valence-corrected chi connectivity index (χ4v) is 1.20. The second kappa shape index (κ2) is 3.88. The lowest BCUT2D eigenvalue weighted by Crippen LogP contribution is -2.07. The van der Waals surface area contributed by atoms with Crippen molar-refractivity contribution >= 4 is 5.97 Å². The van der Waals surface area contributed by atoms with Gasteiger partial charge in [-0.3, -0.25) is 0 Å². The molecule has 1 N–H and O–H groups in total. The molecule has 0 aromatic heterocycles. The standard InChI is InChI=1S/C10H8FNO2/c1-6(5-12)7-3-2-4-8(11)9(7)10(13)14/h2-4,6H,1H3,(H,13,14). The largest absolute Gasteiger partial charge is 0.478 e. The van der Waals surface area contributed by atoms with Crippen molar-refractivity contribution in [3.05, 3.63) is 35.1 Å². The van der Waals surface area contributed by atoms with E-state index < -0.39 is 23.3 Å². The Bertz CT molecular complexity index is 409. The number of benzene rings is 1. The monoisotopic (exact) mass is 193 g/mol. The number of hydrogen-bond acceptors (Lipinski definition) is 2. The van der Waals surface area contributed by atoms with E-state index in [1.165, 1.54) is 19.1 Å². The Labute approximate surface area is 80.4 Å². The van der Waals surface area contributed by atoms with Gasteiger partial charge in [0.05, 0.1) is 17.6 Å². The van der Waals surface area contributed by atoms with E-state index >= 15 is 0 Å². The van der Waals surface area contributed by atoms with Crippen LogP contribution in [0.15, 0.2) is 18.2 Å². The van der Waals surface area contributed by atoms with Crippen LogP contribution in [0.2, 0.25) is 0 Å². The smallest absolute Gasteiger partial charge is 0.339 e. The van der Waals surface area contributed by atoms with Crippen molar-refractivity contribution in [3.63, 3.8) is 0 Å². The molecule has 0 saturated heterocycles. The fourth-order valence-electron chi connectivity index (χ4n) is 1.20. The van der Waals surface area contributed by atoms with Crippen LogP contribution in [0.4, 0.5) is 4.39 Å². The molecule has 0 aliphatic rings. The summed E-state index contributed by atoms with van der Waals surface area (Å²) in [6.45, 7) is 1.53. The molecule has 72 valence electrons. The lowest BCUT2D eigenvalue weighted by atomic mass is 9.96. The van der Waals surface area contributed by atoms with E-state index in [0.29, 0.717) is 0 Å². The van der Waals surface area contributed by atoms with Crippen molar-refractivity contribution in [2.24, 2.45) is 0 Å². The molecule has 1 atom stereocenters. The second-order valence-corrected chi connectivity index (χ2v) is 2.86. The van der Waals surface area contributed by atoms with Crippen LogP contribution in [0.3, 0.4) is 0 Å². The van der Waals surface area contributed by atoms with Gasteiger partial charge >= 0.3 is 5.97 Å². The molecule has 0 fully saturated rings. The number of aromatic carboxylic acids is 1. The maximum atomic E-state index is 13.1. The molecule has 0 saturated carbocycles. The van der Waals surface area contributed by atoms with Gasteiger partial charge in [0.25, 0.3) is 0 Å². The number of carboxylic acids is 1. The molecular formula is C10H8FNO2. The zero-order chi connectivity index (χ0) is 10.7. The number of hydrogen-bond donors (Lipinski definition) is 1. The minimum absolute atomic E-state index is 0.208. The minimum atomic E-state index is -1.35. The van der Waals surface area contributed by atoms with Crippen LogP contribution >= 0.6 is 0 Å². The molecule has 0 aliphatic heterocycles. The third-order valence-corrected chi connectivity index (χ3v) is 1.92. The third kappa shape index (κ3) is 1.72. The first-order valence-corrected chi connectivity index (χ1v) is 3.99. The molecule has 0 aliphatic carbocycles. The van der Waals surface area contributed by atoms with Crippen LogP contribution in [0, 0.1) is 17.1 Å². The normalized spacial score (nSPS) is 11.8. The first-order valence-electron chi connectivity index (χ1n) is 3.99. The Morgan fingerprint density at radius 1 is 1.64 bits per heavy atom. The summed E-state index contributed by atoms with van der Waals surface area (Å²) < 4.78 is 13.1. The summed E-state index contributed by atoms with van der Waals surface area (Å²) in [6, 6.07) is 5.78. The highest BCUT2D eigenvalue weighted by atomic mass is 19.1. The van der Waals surface area contributed by atoms with Gasteiger partial charge in [-0.1, -0.05) is 12.1 Å². The highest BCUT2D eigenvalue weighted by Crippen LogP contribution is 2.21. The average molecular weight is 193 g/mol. The molecule has 0 bridgehead atoms. The highest BCUT2D eigenvalue weighted by Gasteiger charge is 2.18. The molecular weight excluding hydrogens is 185 g/mol. The van der Waals surface area contributed by atoms with Crippen LogP contribution in [0.1, 0.15) is 28.8 Å². The van der Waals surface area contributed by atoms with Gasteiger partial charge in [-0.15, -0.1) is 0 Å². The van der Waals surface area contributed by atoms with Gasteiger partial charge in [0, 0.05) is 0 Å². The molecule has 1 aromatic carbocycles. The Morgan fingerprint density at radius 3 is 2.79 bits per heavy atom. The van der Waals surface area contributed by atoms with Crippen molar-refractivity contribution in [2.45, 2.75) is 12.8 Å². The zero-order valence-electron chi connectivity index (χ0n) is 7.49. The molecule has 0 heterocycles. The summed E-state index contributed by atoms with van der Waals surface area (Å²) >= 11 is 0.